The standard InChI is InChI=1S/C13H24O/c1-12(2)7-8-13(14,10-12)9-11-5-3-4-6-11/h11,14H,3-10H2,1-2H3. The molecular weight excluding hydrogens is 172 g/mol. The van der Waals surface area contributed by atoms with Crippen molar-refractivity contribution in [3.8, 4) is 0 Å². The van der Waals surface area contributed by atoms with Crippen LogP contribution < -0.4 is 0 Å². The summed E-state index contributed by atoms with van der Waals surface area (Å²) >= 11 is 0. The van der Waals surface area contributed by atoms with E-state index in [0.29, 0.717) is 5.41 Å². The lowest BCUT2D eigenvalue weighted by molar-refractivity contribution is 0.0139. The molecule has 0 aromatic carbocycles. The fourth-order valence-electron chi connectivity index (χ4n) is 3.56. The number of hydrogen-bond acceptors (Lipinski definition) is 1. The van der Waals surface area contributed by atoms with Crippen LogP contribution in [0.1, 0.15) is 65.2 Å². The monoisotopic (exact) mass is 196 g/mol. The van der Waals surface area contributed by atoms with Gasteiger partial charge in [0, 0.05) is 0 Å². The lowest BCUT2D eigenvalue weighted by Gasteiger charge is -2.28. The van der Waals surface area contributed by atoms with Crippen LogP contribution in [0.15, 0.2) is 0 Å². The van der Waals surface area contributed by atoms with Crippen LogP contribution in [0.2, 0.25) is 0 Å². The number of aliphatic hydroxyl groups is 1. The molecule has 82 valence electrons. The van der Waals surface area contributed by atoms with Crippen molar-refractivity contribution >= 4 is 0 Å². The lowest BCUT2D eigenvalue weighted by Crippen LogP contribution is -2.28. The van der Waals surface area contributed by atoms with Gasteiger partial charge in [-0.2, -0.15) is 0 Å². The Bertz CT molecular complexity index is 203. The number of rotatable bonds is 2. The van der Waals surface area contributed by atoms with Gasteiger partial charge in [-0.3, -0.25) is 0 Å². The van der Waals surface area contributed by atoms with Gasteiger partial charge in [0.15, 0.2) is 0 Å². The number of hydrogen-bond donors (Lipinski definition) is 1. The largest absolute Gasteiger partial charge is 0.390 e. The van der Waals surface area contributed by atoms with Crippen LogP contribution in [0, 0.1) is 11.3 Å². The second-order valence-corrected chi connectivity index (χ2v) is 6.42. The Morgan fingerprint density at radius 2 is 1.79 bits per heavy atom. The molecule has 1 atom stereocenters. The molecule has 2 rings (SSSR count). The van der Waals surface area contributed by atoms with Crippen molar-refractivity contribution < 1.29 is 5.11 Å². The lowest BCUT2D eigenvalue weighted by atomic mass is 9.84. The summed E-state index contributed by atoms with van der Waals surface area (Å²) in [6.45, 7) is 4.58. The van der Waals surface area contributed by atoms with Crippen LogP contribution in [0.3, 0.4) is 0 Å². The molecule has 0 radical (unpaired) electrons. The zero-order valence-electron chi connectivity index (χ0n) is 9.68. The molecule has 1 nitrogen and oxygen atoms in total. The van der Waals surface area contributed by atoms with Crippen molar-refractivity contribution in [3.05, 3.63) is 0 Å². The molecule has 2 saturated carbocycles. The summed E-state index contributed by atoms with van der Waals surface area (Å²) in [5, 5.41) is 10.5. The molecule has 0 amide bonds. The Kier molecular flexibility index (Phi) is 2.63. The minimum atomic E-state index is -0.307. The first-order valence-corrected chi connectivity index (χ1v) is 6.22. The van der Waals surface area contributed by atoms with Crippen LogP contribution in [0.5, 0.6) is 0 Å². The van der Waals surface area contributed by atoms with E-state index >= 15 is 0 Å². The fraction of sp³-hybridized carbons (Fsp3) is 1.00. The summed E-state index contributed by atoms with van der Waals surface area (Å²) in [5.41, 5.74) is 0.0753. The second kappa shape index (κ2) is 3.52. The summed E-state index contributed by atoms with van der Waals surface area (Å²) in [4.78, 5) is 0. The molecular formula is C13H24O. The van der Waals surface area contributed by atoms with Gasteiger partial charge in [-0.25, -0.2) is 0 Å². The molecule has 0 aliphatic heterocycles. The molecule has 0 heterocycles. The Morgan fingerprint density at radius 3 is 2.29 bits per heavy atom. The van der Waals surface area contributed by atoms with Crippen molar-refractivity contribution in [1.82, 2.24) is 0 Å². The summed E-state index contributed by atoms with van der Waals surface area (Å²) in [5.74, 6) is 0.828. The predicted molar refractivity (Wildman–Crippen MR) is 59.2 cm³/mol. The van der Waals surface area contributed by atoms with Gasteiger partial charge in [0.1, 0.15) is 0 Å². The van der Waals surface area contributed by atoms with E-state index in [-0.39, 0.29) is 5.60 Å². The van der Waals surface area contributed by atoms with Gasteiger partial charge in [0.05, 0.1) is 5.60 Å². The van der Waals surface area contributed by atoms with Crippen molar-refractivity contribution in [3.63, 3.8) is 0 Å². The summed E-state index contributed by atoms with van der Waals surface area (Å²) in [7, 11) is 0. The third kappa shape index (κ3) is 2.31. The summed E-state index contributed by atoms with van der Waals surface area (Å²) in [6, 6.07) is 0. The molecule has 1 heteroatoms. The van der Waals surface area contributed by atoms with Gasteiger partial charge in [0.25, 0.3) is 0 Å². The van der Waals surface area contributed by atoms with Gasteiger partial charge >= 0.3 is 0 Å². The maximum absolute atomic E-state index is 10.5. The van der Waals surface area contributed by atoms with E-state index in [1.807, 2.05) is 0 Å². The third-order valence-electron chi connectivity index (χ3n) is 4.22. The second-order valence-electron chi connectivity index (χ2n) is 6.42. The average Bonchev–Trinajstić information content (AvgIpc) is 2.60. The van der Waals surface area contributed by atoms with Crippen molar-refractivity contribution in [2.75, 3.05) is 0 Å². The van der Waals surface area contributed by atoms with Gasteiger partial charge in [0.2, 0.25) is 0 Å². The Labute approximate surface area is 87.9 Å². The first-order valence-electron chi connectivity index (χ1n) is 6.22. The van der Waals surface area contributed by atoms with Gasteiger partial charge < -0.3 is 5.11 Å². The van der Waals surface area contributed by atoms with E-state index in [2.05, 4.69) is 13.8 Å². The highest BCUT2D eigenvalue weighted by Crippen LogP contribution is 2.47. The minimum absolute atomic E-state index is 0.307. The van der Waals surface area contributed by atoms with Crippen LogP contribution >= 0.6 is 0 Å². The molecule has 1 N–H and O–H groups in total. The van der Waals surface area contributed by atoms with Crippen LogP contribution in [-0.4, -0.2) is 10.7 Å². The highest BCUT2D eigenvalue weighted by Gasteiger charge is 2.42. The first-order chi connectivity index (χ1) is 6.49. The van der Waals surface area contributed by atoms with E-state index < -0.39 is 0 Å². The molecule has 0 bridgehead atoms. The minimum Gasteiger partial charge on any atom is -0.390 e. The molecule has 0 aromatic heterocycles. The fourth-order valence-corrected chi connectivity index (χ4v) is 3.56. The molecule has 0 aromatic rings. The Hall–Kier alpha value is -0.0400. The van der Waals surface area contributed by atoms with E-state index in [0.717, 1.165) is 25.2 Å². The molecule has 2 aliphatic carbocycles. The average molecular weight is 196 g/mol. The van der Waals surface area contributed by atoms with Gasteiger partial charge in [-0.05, 0) is 37.0 Å². The van der Waals surface area contributed by atoms with Gasteiger partial charge in [-0.15, -0.1) is 0 Å². The van der Waals surface area contributed by atoms with E-state index in [4.69, 9.17) is 0 Å². The third-order valence-corrected chi connectivity index (χ3v) is 4.22. The molecule has 2 aliphatic rings. The Morgan fingerprint density at radius 1 is 1.14 bits per heavy atom. The van der Waals surface area contributed by atoms with Crippen molar-refractivity contribution in [2.45, 2.75) is 70.8 Å². The van der Waals surface area contributed by atoms with E-state index in [1.165, 1.54) is 32.1 Å². The Balaban J connectivity index is 1.90. The molecule has 0 saturated heterocycles. The molecule has 14 heavy (non-hydrogen) atoms. The summed E-state index contributed by atoms with van der Waals surface area (Å²) < 4.78 is 0. The highest BCUT2D eigenvalue weighted by molar-refractivity contribution is 4.95. The van der Waals surface area contributed by atoms with Crippen LogP contribution in [-0.2, 0) is 0 Å². The highest BCUT2D eigenvalue weighted by atomic mass is 16.3. The first kappa shape index (κ1) is 10.5. The van der Waals surface area contributed by atoms with Gasteiger partial charge in [-0.1, -0.05) is 39.5 Å². The SMILES string of the molecule is CC1(C)CCC(O)(CC2CCCC2)C1. The zero-order chi connectivity index (χ0) is 10.2. The summed E-state index contributed by atoms with van der Waals surface area (Å²) in [6.07, 6.45) is 9.86. The smallest absolute Gasteiger partial charge is 0.0655 e. The molecule has 0 spiro atoms. The van der Waals surface area contributed by atoms with Crippen molar-refractivity contribution in [2.24, 2.45) is 11.3 Å². The molecule has 1 unspecified atom stereocenters. The predicted octanol–water partition coefficient (Wildman–Crippen LogP) is 3.51. The quantitative estimate of drug-likeness (QED) is 0.716. The normalized spacial score (nSPS) is 37.9. The van der Waals surface area contributed by atoms with E-state index in [1.54, 1.807) is 0 Å². The van der Waals surface area contributed by atoms with Crippen LogP contribution in [0.4, 0.5) is 0 Å². The maximum atomic E-state index is 10.5. The van der Waals surface area contributed by atoms with E-state index in [9.17, 15) is 5.11 Å². The zero-order valence-corrected chi connectivity index (χ0v) is 9.68. The maximum Gasteiger partial charge on any atom is 0.0655 e. The topological polar surface area (TPSA) is 20.2 Å². The molecule has 2 fully saturated rings. The van der Waals surface area contributed by atoms with Crippen molar-refractivity contribution in [1.29, 1.82) is 0 Å². The van der Waals surface area contributed by atoms with Crippen LogP contribution in [0.25, 0.3) is 0 Å².